The summed E-state index contributed by atoms with van der Waals surface area (Å²) in [6.45, 7) is 0. The van der Waals surface area contributed by atoms with Gasteiger partial charge in [-0.2, -0.15) is 0 Å². The Kier molecular flexibility index (Phi) is 14.7. The van der Waals surface area contributed by atoms with Crippen LogP contribution in [0.3, 0.4) is 0 Å². The fourth-order valence-electron chi connectivity index (χ4n) is 2.40. The first kappa shape index (κ1) is 30.2. The second-order valence-electron chi connectivity index (χ2n) is 5.84. The van der Waals surface area contributed by atoms with E-state index in [1.807, 2.05) is 18.2 Å². The molecule has 164 valence electrons. The van der Waals surface area contributed by atoms with Crippen molar-refractivity contribution in [3.05, 3.63) is 86.1 Å². The maximum absolute atomic E-state index is 6.12. The average molecular weight is 578 g/mol. The summed E-state index contributed by atoms with van der Waals surface area (Å²) < 4.78 is 0. The first-order valence-corrected chi connectivity index (χ1v) is 9.92. The SMILES string of the molecule is Clc1ccc(N=CCc2cccc(CC=Nc3ccc(Cl)cc3Cl)n2)c(Cl)c1.[Cl-].[Cl-].[Fe+2]. The molecule has 0 unspecified atom stereocenters. The van der Waals surface area contributed by atoms with Gasteiger partial charge in [0.1, 0.15) is 0 Å². The molecule has 0 aliphatic carbocycles. The Bertz CT molecular complexity index is 965. The van der Waals surface area contributed by atoms with E-state index < -0.39 is 0 Å². The van der Waals surface area contributed by atoms with Crippen LogP contribution in [0.1, 0.15) is 11.4 Å². The summed E-state index contributed by atoms with van der Waals surface area (Å²) >= 11 is 24.0. The number of hydrogen-bond donors (Lipinski definition) is 0. The van der Waals surface area contributed by atoms with Crippen molar-refractivity contribution >= 4 is 70.2 Å². The number of hydrogen-bond acceptors (Lipinski definition) is 3. The summed E-state index contributed by atoms with van der Waals surface area (Å²) in [7, 11) is 0. The molecule has 0 saturated heterocycles. The first-order chi connectivity index (χ1) is 13.5. The quantitative estimate of drug-likeness (QED) is 0.324. The molecular formula is C21H15Cl6FeN3. The van der Waals surface area contributed by atoms with Gasteiger partial charge in [0.15, 0.2) is 0 Å². The van der Waals surface area contributed by atoms with Gasteiger partial charge in [-0.25, -0.2) is 0 Å². The fourth-order valence-corrected chi connectivity index (χ4v) is 3.32. The summed E-state index contributed by atoms with van der Waals surface area (Å²) in [5, 5.41) is 2.20. The van der Waals surface area contributed by atoms with Crippen LogP contribution in [0, 0.1) is 0 Å². The molecule has 3 aromatic rings. The van der Waals surface area contributed by atoms with E-state index >= 15 is 0 Å². The maximum atomic E-state index is 6.12. The molecule has 0 fully saturated rings. The van der Waals surface area contributed by atoms with Gasteiger partial charge in [0, 0.05) is 46.7 Å². The summed E-state index contributed by atoms with van der Waals surface area (Å²) in [5.74, 6) is 0. The van der Waals surface area contributed by atoms with Crippen LogP contribution in [0.5, 0.6) is 0 Å². The molecule has 2 aromatic carbocycles. The van der Waals surface area contributed by atoms with Gasteiger partial charge in [0.2, 0.25) is 0 Å². The number of pyridine rings is 1. The van der Waals surface area contributed by atoms with Crippen molar-refractivity contribution < 1.29 is 41.9 Å². The van der Waals surface area contributed by atoms with Crippen LogP contribution in [0.25, 0.3) is 0 Å². The number of aromatic nitrogens is 1. The molecule has 10 heteroatoms. The molecule has 0 radical (unpaired) electrons. The number of rotatable bonds is 6. The Morgan fingerprint density at radius 3 is 1.48 bits per heavy atom. The van der Waals surface area contributed by atoms with Gasteiger partial charge in [-0.05, 0) is 48.5 Å². The van der Waals surface area contributed by atoms with Gasteiger partial charge < -0.3 is 24.8 Å². The number of halogens is 6. The first-order valence-electron chi connectivity index (χ1n) is 8.41. The predicted molar refractivity (Wildman–Crippen MR) is 121 cm³/mol. The molecular weight excluding hydrogens is 563 g/mol. The number of benzene rings is 2. The second-order valence-corrected chi connectivity index (χ2v) is 7.53. The van der Waals surface area contributed by atoms with Gasteiger partial charge >= 0.3 is 17.1 Å². The molecule has 0 aliphatic rings. The van der Waals surface area contributed by atoms with E-state index in [-0.39, 0.29) is 41.9 Å². The third kappa shape index (κ3) is 9.69. The monoisotopic (exact) mass is 575 g/mol. The molecule has 0 amide bonds. The van der Waals surface area contributed by atoms with Crippen molar-refractivity contribution in [2.75, 3.05) is 0 Å². The molecule has 0 N–H and O–H groups in total. The molecule has 0 bridgehead atoms. The van der Waals surface area contributed by atoms with Crippen LogP contribution in [-0.4, -0.2) is 17.4 Å². The molecule has 0 aliphatic heterocycles. The average Bonchev–Trinajstić information content (AvgIpc) is 2.66. The van der Waals surface area contributed by atoms with E-state index in [0.717, 1.165) is 11.4 Å². The van der Waals surface area contributed by atoms with E-state index in [2.05, 4.69) is 15.0 Å². The molecule has 0 spiro atoms. The zero-order valence-corrected chi connectivity index (χ0v) is 21.4. The summed E-state index contributed by atoms with van der Waals surface area (Å²) in [6.07, 6.45) is 4.74. The van der Waals surface area contributed by atoms with Crippen molar-refractivity contribution in [1.29, 1.82) is 0 Å². The standard InChI is InChI=1S/C21H15Cl4N3.2ClH.Fe/c22-14-4-6-20(18(24)12-14)26-10-8-16-2-1-3-17(28-16)9-11-27-21-7-5-15(23)13-19(21)25;;;/h1-7,10-13H,8-9H2;2*1H;/q;;;+2/p-2. The topological polar surface area (TPSA) is 37.6 Å². The van der Waals surface area contributed by atoms with Crippen LogP contribution in [0.4, 0.5) is 11.4 Å². The third-order valence-electron chi connectivity index (χ3n) is 3.75. The number of aliphatic imine (C=N–C) groups is 2. The third-order valence-corrected chi connectivity index (χ3v) is 4.82. The van der Waals surface area contributed by atoms with E-state index in [1.165, 1.54) is 0 Å². The van der Waals surface area contributed by atoms with Crippen LogP contribution in [0.2, 0.25) is 20.1 Å². The van der Waals surface area contributed by atoms with Crippen molar-refractivity contribution in [3.63, 3.8) is 0 Å². The smallest absolute Gasteiger partial charge is 1.00 e. The van der Waals surface area contributed by atoms with Crippen LogP contribution < -0.4 is 24.8 Å². The van der Waals surface area contributed by atoms with E-state index in [1.54, 1.807) is 48.8 Å². The van der Waals surface area contributed by atoms with Gasteiger partial charge in [-0.1, -0.05) is 52.5 Å². The molecule has 3 nitrogen and oxygen atoms in total. The minimum Gasteiger partial charge on any atom is -1.00 e. The van der Waals surface area contributed by atoms with Crippen LogP contribution in [-0.2, 0) is 29.9 Å². The van der Waals surface area contributed by atoms with Crippen molar-refractivity contribution in [3.8, 4) is 0 Å². The summed E-state index contributed by atoms with van der Waals surface area (Å²) in [4.78, 5) is 13.4. The fraction of sp³-hybridized carbons (Fsp3) is 0.0952. The Hall–Kier alpha value is -0.811. The minimum absolute atomic E-state index is 0. The minimum atomic E-state index is 0. The Labute approximate surface area is 224 Å². The Balaban J connectivity index is 0.00000300. The molecule has 1 heterocycles. The molecule has 31 heavy (non-hydrogen) atoms. The zero-order chi connectivity index (χ0) is 19.9. The van der Waals surface area contributed by atoms with E-state index in [9.17, 15) is 0 Å². The Morgan fingerprint density at radius 2 is 1.10 bits per heavy atom. The van der Waals surface area contributed by atoms with Crippen molar-refractivity contribution in [1.82, 2.24) is 4.98 Å². The molecule has 1 aromatic heterocycles. The molecule has 0 saturated carbocycles. The largest absolute Gasteiger partial charge is 2.00 e. The van der Waals surface area contributed by atoms with Crippen molar-refractivity contribution in [2.24, 2.45) is 9.98 Å². The number of nitrogens with zero attached hydrogens (tertiary/aromatic N) is 3. The van der Waals surface area contributed by atoms with Gasteiger partial charge in [-0.15, -0.1) is 0 Å². The van der Waals surface area contributed by atoms with Crippen LogP contribution in [0.15, 0.2) is 64.6 Å². The molecule has 0 atom stereocenters. The Morgan fingerprint density at radius 1 is 0.677 bits per heavy atom. The van der Waals surface area contributed by atoms with Gasteiger partial charge in [0.05, 0.1) is 21.4 Å². The zero-order valence-electron chi connectivity index (χ0n) is 15.7. The molecule has 3 rings (SSSR count). The maximum Gasteiger partial charge on any atom is 2.00 e. The van der Waals surface area contributed by atoms with Crippen LogP contribution >= 0.6 is 46.4 Å². The van der Waals surface area contributed by atoms with E-state index in [4.69, 9.17) is 46.4 Å². The van der Waals surface area contributed by atoms with Gasteiger partial charge in [0.25, 0.3) is 0 Å². The van der Waals surface area contributed by atoms with Gasteiger partial charge in [-0.3, -0.25) is 15.0 Å². The normalized spacial score (nSPS) is 10.5. The van der Waals surface area contributed by atoms with E-state index in [0.29, 0.717) is 44.3 Å². The second kappa shape index (κ2) is 15.1. The summed E-state index contributed by atoms with van der Waals surface area (Å²) in [5.41, 5.74) is 3.16. The summed E-state index contributed by atoms with van der Waals surface area (Å²) in [6, 6.07) is 16.3. The predicted octanol–water partition coefficient (Wildman–Crippen LogP) is 1.59. The van der Waals surface area contributed by atoms with Crippen molar-refractivity contribution in [2.45, 2.75) is 12.8 Å².